The van der Waals surface area contributed by atoms with Gasteiger partial charge in [-0.05, 0) is 0 Å². The van der Waals surface area contributed by atoms with E-state index in [1.807, 2.05) is 13.8 Å². The van der Waals surface area contributed by atoms with E-state index in [0.29, 0.717) is 0 Å². The van der Waals surface area contributed by atoms with E-state index in [9.17, 15) is 4.79 Å². The summed E-state index contributed by atoms with van der Waals surface area (Å²) >= 11 is 1.60. The van der Waals surface area contributed by atoms with Crippen LogP contribution in [0.4, 0.5) is 0 Å². The summed E-state index contributed by atoms with van der Waals surface area (Å²) in [7, 11) is 0. The van der Waals surface area contributed by atoms with E-state index in [-0.39, 0.29) is 17.5 Å². The molecule has 1 fully saturated rings. The third-order valence-corrected chi connectivity index (χ3v) is 4.32. The Balaban J connectivity index is 2.40. The third-order valence-electron chi connectivity index (χ3n) is 2.26. The molecular weight excluding hydrogens is 229 g/mol. The average molecular weight is 247 g/mol. The van der Waals surface area contributed by atoms with E-state index in [2.05, 4.69) is 5.32 Å². The first kappa shape index (κ1) is 11.1. The zero-order chi connectivity index (χ0) is 9.90. The molecule has 1 heterocycles. The minimum atomic E-state index is -0.278. The van der Waals surface area contributed by atoms with Crippen molar-refractivity contribution in [1.82, 2.24) is 5.32 Å². The molecule has 4 heteroatoms. The Morgan fingerprint density at radius 1 is 1.69 bits per heavy atom. The van der Waals surface area contributed by atoms with Gasteiger partial charge < -0.3 is 0 Å². The molecule has 13 heavy (non-hydrogen) atoms. The fourth-order valence-corrected chi connectivity index (χ4v) is 1.43. The molecule has 0 aromatic heterocycles. The molecule has 0 bridgehead atoms. The molecule has 0 aromatic rings. The van der Waals surface area contributed by atoms with E-state index in [1.54, 1.807) is 16.9 Å². The number of rotatable bonds is 3. The van der Waals surface area contributed by atoms with Crippen molar-refractivity contribution in [3.05, 3.63) is 0 Å². The van der Waals surface area contributed by atoms with E-state index in [0.717, 1.165) is 24.7 Å². The first-order valence-electron chi connectivity index (χ1n) is 4.69. The topological polar surface area (TPSA) is 38.3 Å². The minimum absolute atomic E-state index is 0.0346. The van der Waals surface area contributed by atoms with Gasteiger partial charge in [0, 0.05) is 0 Å². The summed E-state index contributed by atoms with van der Waals surface area (Å²) in [6, 6.07) is 0. The van der Waals surface area contributed by atoms with Gasteiger partial charge in [0.25, 0.3) is 0 Å². The van der Waals surface area contributed by atoms with Gasteiger partial charge >= 0.3 is 87.8 Å². The maximum atomic E-state index is 11.6. The Bertz CT molecular complexity index is 188. The van der Waals surface area contributed by atoms with Gasteiger partial charge in [-0.3, -0.25) is 0 Å². The zero-order valence-corrected chi connectivity index (χ0v) is 10.7. The number of carbonyl (C=O) groups excluding carboxylic acids is 1. The molecule has 1 aliphatic heterocycles. The van der Waals surface area contributed by atoms with Crippen molar-refractivity contribution in [2.75, 3.05) is 13.1 Å². The molecule has 0 amide bonds. The van der Waals surface area contributed by atoms with Crippen molar-refractivity contribution in [3.8, 4) is 0 Å². The molecule has 1 saturated heterocycles. The predicted octanol–water partition coefficient (Wildman–Crippen LogP) is -0.0309. The molecule has 3 nitrogen and oxygen atoms in total. The average Bonchev–Trinajstić information content (AvgIpc) is 2.55. The summed E-state index contributed by atoms with van der Waals surface area (Å²) in [6.45, 7) is 5.66. The van der Waals surface area contributed by atoms with Gasteiger partial charge in [-0.15, -0.1) is 0 Å². The number of esters is 1. The fourth-order valence-electron chi connectivity index (χ4n) is 1.25. The quantitative estimate of drug-likeness (QED) is 0.562. The standard InChI is InChI=1S/C9H18AsNO2/c1-9(2,6-10)13-8(12)7-3-4-11-5-7/h7,11H,3-6,10H2,1-2H3/t7-/m0/s1. The van der Waals surface area contributed by atoms with E-state index in [1.165, 1.54) is 0 Å². The van der Waals surface area contributed by atoms with Crippen LogP contribution >= 0.6 is 0 Å². The summed E-state index contributed by atoms with van der Waals surface area (Å²) in [5.74, 6) is 0.0472. The second-order valence-electron chi connectivity index (χ2n) is 4.07. The summed E-state index contributed by atoms with van der Waals surface area (Å²) in [5, 5.41) is 4.08. The van der Waals surface area contributed by atoms with Gasteiger partial charge in [-0.25, -0.2) is 0 Å². The Kier molecular flexibility index (Phi) is 3.81. The number of hydrogen-bond donors (Lipinski definition) is 1. The molecule has 76 valence electrons. The van der Waals surface area contributed by atoms with Gasteiger partial charge in [0.2, 0.25) is 0 Å². The number of carbonyl (C=O) groups is 1. The molecule has 0 saturated carbocycles. The van der Waals surface area contributed by atoms with Crippen molar-refractivity contribution in [2.24, 2.45) is 5.92 Å². The van der Waals surface area contributed by atoms with Gasteiger partial charge in [0.15, 0.2) is 0 Å². The van der Waals surface area contributed by atoms with E-state index in [4.69, 9.17) is 4.74 Å². The summed E-state index contributed by atoms with van der Waals surface area (Å²) < 4.78 is 5.41. The van der Waals surface area contributed by atoms with Gasteiger partial charge in [0.05, 0.1) is 0 Å². The van der Waals surface area contributed by atoms with Crippen molar-refractivity contribution < 1.29 is 9.53 Å². The molecule has 1 aliphatic rings. The molecular formula is C9H18AsNO2. The first-order chi connectivity index (χ1) is 6.05. The van der Waals surface area contributed by atoms with Crippen LogP contribution < -0.4 is 5.32 Å². The second kappa shape index (κ2) is 4.47. The van der Waals surface area contributed by atoms with Crippen LogP contribution in [0.5, 0.6) is 0 Å². The van der Waals surface area contributed by atoms with Crippen molar-refractivity contribution in [3.63, 3.8) is 0 Å². The second-order valence-corrected chi connectivity index (χ2v) is 4.93. The van der Waals surface area contributed by atoms with Crippen LogP contribution in [0.15, 0.2) is 0 Å². The zero-order valence-electron chi connectivity index (χ0n) is 8.30. The van der Waals surface area contributed by atoms with E-state index >= 15 is 0 Å². The number of ether oxygens (including phenoxy) is 1. The normalized spacial score (nSPS) is 23.2. The molecule has 1 unspecified atom stereocenters. The van der Waals surface area contributed by atoms with Crippen LogP contribution in [0.2, 0.25) is 5.21 Å². The Morgan fingerprint density at radius 3 is 2.85 bits per heavy atom. The summed E-state index contributed by atoms with van der Waals surface area (Å²) in [5.41, 5.74) is -0.278. The van der Waals surface area contributed by atoms with Crippen LogP contribution in [-0.2, 0) is 9.53 Å². The molecule has 0 spiro atoms. The number of hydrogen-bond acceptors (Lipinski definition) is 3. The van der Waals surface area contributed by atoms with Crippen molar-refractivity contribution in [1.29, 1.82) is 0 Å². The van der Waals surface area contributed by atoms with Crippen molar-refractivity contribution in [2.45, 2.75) is 31.1 Å². The Labute approximate surface area is 88.1 Å². The maximum absolute atomic E-state index is 11.6. The fraction of sp³-hybridized carbons (Fsp3) is 0.889. The van der Waals surface area contributed by atoms with Gasteiger partial charge in [-0.2, -0.15) is 0 Å². The monoisotopic (exact) mass is 247 g/mol. The predicted molar refractivity (Wildman–Crippen MR) is 54.5 cm³/mol. The molecule has 0 aliphatic carbocycles. The molecule has 2 atom stereocenters. The van der Waals surface area contributed by atoms with Gasteiger partial charge in [-0.1, -0.05) is 0 Å². The number of nitrogens with one attached hydrogen (secondary N) is 1. The Hall–Kier alpha value is -0.0116. The van der Waals surface area contributed by atoms with Gasteiger partial charge in [0.1, 0.15) is 0 Å². The Morgan fingerprint density at radius 2 is 2.38 bits per heavy atom. The van der Waals surface area contributed by atoms with Crippen LogP contribution in [0, 0.1) is 5.92 Å². The molecule has 0 aromatic carbocycles. The van der Waals surface area contributed by atoms with Crippen molar-refractivity contribution >= 4 is 22.8 Å². The molecule has 0 radical (unpaired) electrons. The summed E-state index contributed by atoms with van der Waals surface area (Å²) in [6.07, 6.45) is 0.920. The van der Waals surface area contributed by atoms with Crippen LogP contribution in [0.3, 0.4) is 0 Å². The molecule has 1 N–H and O–H groups in total. The van der Waals surface area contributed by atoms with Crippen LogP contribution in [0.1, 0.15) is 20.3 Å². The first-order valence-corrected chi connectivity index (χ1v) is 6.40. The summed E-state index contributed by atoms with van der Waals surface area (Å²) in [4.78, 5) is 11.6. The van der Waals surface area contributed by atoms with Crippen LogP contribution in [-0.4, -0.2) is 41.5 Å². The third kappa shape index (κ3) is 3.32. The van der Waals surface area contributed by atoms with Crippen LogP contribution in [0.25, 0.3) is 0 Å². The molecule has 1 rings (SSSR count). The SMILES string of the molecule is CC(C)(C[AsH2])OC(=O)[C@H]1CCNC1. The van der Waals surface area contributed by atoms with E-state index < -0.39 is 0 Å².